The first-order chi connectivity index (χ1) is 9.61. The van der Waals surface area contributed by atoms with Crippen LogP contribution in [0.15, 0.2) is 35.8 Å². The maximum Gasteiger partial charge on any atom is 0.354 e. The molecular weight excluding hydrogens is 276 g/mol. The molecule has 0 aliphatic rings. The zero-order valence-electron chi connectivity index (χ0n) is 10.9. The van der Waals surface area contributed by atoms with E-state index < -0.39 is 5.97 Å². The van der Waals surface area contributed by atoms with Crippen LogP contribution in [0.25, 0.3) is 0 Å². The SMILES string of the molecule is CCN(Cc1cccs1)C(=O)c1ccc(C(=O)O)nc1. The summed E-state index contributed by atoms with van der Waals surface area (Å²) in [4.78, 5) is 29.6. The molecule has 1 amide bonds. The van der Waals surface area contributed by atoms with Crippen molar-refractivity contribution in [3.8, 4) is 0 Å². The van der Waals surface area contributed by atoms with E-state index in [-0.39, 0.29) is 11.6 Å². The summed E-state index contributed by atoms with van der Waals surface area (Å²) in [5, 5.41) is 10.8. The Kier molecular flexibility index (Phi) is 4.47. The molecule has 20 heavy (non-hydrogen) atoms. The van der Waals surface area contributed by atoms with Crippen molar-refractivity contribution in [2.45, 2.75) is 13.5 Å². The minimum absolute atomic E-state index is 0.0668. The Balaban J connectivity index is 2.13. The average molecular weight is 290 g/mol. The molecule has 0 radical (unpaired) electrons. The number of nitrogens with zero attached hydrogens (tertiary/aromatic N) is 2. The van der Waals surface area contributed by atoms with Gasteiger partial charge in [0.05, 0.1) is 12.1 Å². The number of aromatic nitrogens is 1. The van der Waals surface area contributed by atoms with Crippen LogP contribution in [0, 0.1) is 0 Å². The first kappa shape index (κ1) is 14.2. The number of thiophene rings is 1. The molecule has 104 valence electrons. The third kappa shape index (κ3) is 3.21. The highest BCUT2D eigenvalue weighted by Crippen LogP contribution is 2.14. The summed E-state index contributed by atoms with van der Waals surface area (Å²) in [6.45, 7) is 3.04. The Hall–Kier alpha value is -2.21. The summed E-state index contributed by atoms with van der Waals surface area (Å²) in [5.41, 5.74) is 0.330. The van der Waals surface area contributed by atoms with Crippen molar-refractivity contribution in [1.29, 1.82) is 0 Å². The molecule has 0 aliphatic heterocycles. The minimum atomic E-state index is -1.10. The Morgan fingerprint density at radius 2 is 2.15 bits per heavy atom. The second-order valence-corrected chi connectivity index (χ2v) is 5.17. The monoisotopic (exact) mass is 290 g/mol. The lowest BCUT2D eigenvalue weighted by Crippen LogP contribution is -2.30. The molecule has 2 heterocycles. The van der Waals surface area contributed by atoms with E-state index >= 15 is 0 Å². The Morgan fingerprint density at radius 1 is 1.35 bits per heavy atom. The molecule has 2 rings (SSSR count). The van der Waals surface area contributed by atoms with Crippen molar-refractivity contribution in [2.24, 2.45) is 0 Å². The van der Waals surface area contributed by atoms with Gasteiger partial charge >= 0.3 is 5.97 Å². The number of pyridine rings is 1. The van der Waals surface area contributed by atoms with Gasteiger partial charge in [0.1, 0.15) is 5.69 Å². The maximum atomic E-state index is 12.3. The van der Waals surface area contributed by atoms with Crippen LogP contribution in [-0.2, 0) is 6.54 Å². The van der Waals surface area contributed by atoms with E-state index in [2.05, 4.69) is 4.98 Å². The van der Waals surface area contributed by atoms with Crippen molar-refractivity contribution < 1.29 is 14.7 Å². The van der Waals surface area contributed by atoms with Gasteiger partial charge in [0.2, 0.25) is 0 Å². The molecule has 0 fully saturated rings. The lowest BCUT2D eigenvalue weighted by atomic mass is 10.2. The van der Waals surface area contributed by atoms with E-state index in [1.54, 1.807) is 16.2 Å². The Bertz CT molecular complexity index is 593. The predicted octanol–water partition coefficient (Wildman–Crippen LogP) is 2.50. The molecule has 5 nitrogen and oxygen atoms in total. The lowest BCUT2D eigenvalue weighted by Gasteiger charge is -2.20. The molecule has 2 aromatic rings. The largest absolute Gasteiger partial charge is 0.477 e. The number of carbonyl (C=O) groups is 2. The van der Waals surface area contributed by atoms with E-state index in [0.29, 0.717) is 18.7 Å². The van der Waals surface area contributed by atoms with Gasteiger partial charge in [-0.05, 0) is 30.5 Å². The van der Waals surface area contributed by atoms with E-state index in [1.807, 2.05) is 24.4 Å². The molecule has 6 heteroatoms. The van der Waals surface area contributed by atoms with E-state index in [0.717, 1.165) is 4.88 Å². The van der Waals surface area contributed by atoms with Gasteiger partial charge in [0.25, 0.3) is 5.91 Å². The summed E-state index contributed by atoms with van der Waals surface area (Å²) in [7, 11) is 0. The molecule has 0 saturated carbocycles. The van der Waals surface area contributed by atoms with Crippen LogP contribution in [0.5, 0.6) is 0 Å². The molecule has 1 N–H and O–H groups in total. The number of amides is 1. The highest BCUT2D eigenvalue weighted by atomic mass is 32.1. The van der Waals surface area contributed by atoms with Crippen molar-refractivity contribution >= 4 is 23.2 Å². The second kappa shape index (κ2) is 6.29. The topological polar surface area (TPSA) is 70.5 Å². The van der Waals surface area contributed by atoms with Crippen LogP contribution in [0.2, 0.25) is 0 Å². The van der Waals surface area contributed by atoms with Gasteiger partial charge in [0, 0.05) is 17.6 Å². The first-order valence-corrected chi connectivity index (χ1v) is 7.00. The van der Waals surface area contributed by atoms with E-state index in [9.17, 15) is 9.59 Å². The fourth-order valence-corrected chi connectivity index (χ4v) is 2.47. The van der Waals surface area contributed by atoms with Crippen molar-refractivity contribution in [3.05, 3.63) is 52.0 Å². The van der Waals surface area contributed by atoms with E-state index in [4.69, 9.17) is 5.11 Å². The molecular formula is C14H14N2O3S. The number of carbonyl (C=O) groups excluding carboxylic acids is 1. The molecule has 0 spiro atoms. The zero-order chi connectivity index (χ0) is 14.5. The van der Waals surface area contributed by atoms with Gasteiger partial charge in [-0.15, -0.1) is 11.3 Å². The Labute approximate surface area is 120 Å². The van der Waals surface area contributed by atoms with Gasteiger partial charge in [-0.1, -0.05) is 6.07 Å². The van der Waals surface area contributed by atoms with Gasteiger partial charge in [-0.2, -0.15) is 0 Å². The summed E-state index contributed by atoms with van der Waals surface area (Å²) < 4.78 is 0. The quantitative estimate of drug-likeness (QED) is 0.918. The summed E-state index contributed by atoms with van der Waals surface area (Å²) in [5.74, 6) is -1.25. The maximum absolute atomic E-state index is 12.3. The summed E-state index contributed by atoms with van der Waals surface area (Å²) in [6.07, 6.45) is 1.31. The summed E-state index contributed by atoms with van der Waals surface area (Å²) in [6, 6.07) is 6.76. The van der Waals surface area contributed by atoms with Crippen molar-refractivity contribution in [2.75, 3.05) is 6.54 Å². The average Bonchev–Trinajstić information content (AvgIpc) is 2.97. The molecule has 0 aliphatic carbocycles. The molecule has 0 aromatic carbocycles. The molecule has 0 atom stereocenters. The van der Waals surface area contributed by atoms with E-state index in [1.165, 1.54) is 18.3 Å². The van der Waals surface area contributed by atoms with Crippen LogP contribution in [0.4, 0.5) is 0 Å². The Morgan fingerprint density at radius 3 is 2.65 bits per heavy atom. The van der Waals surface area contributed by atoms with Crippen LogP contribution in [0.1, 0.15) is 32.6 Å². The fourth-order valence-electron chi connectivity index (χ4n) is 1.75. The normalized spacial score (nSPS) is 10.2. The zero-order valence-corrected chi connectivity index (χ0v) is 11.8. The van der Waals surface area contributed by atoms with Gasteiger partial charge in [-0.25, -0.2) is 9.78 Å². The number of hydrogen-bond donors (Lipinski definition) is 1. The lowest BCUT2D eigenvalue weighted by molar-refractivity contribution is 0.0687. The number of aromatic carboxylic acids is 1. The minimum Gasteiger partial charge on any atom is -0.477 e. The highest BCUT2D eigenvalue weighted by molar-refractivity contribution is 7.09. The van der Waals surface area contributed by atoms with Gasteiger partial charge in [-0.3, -0.25) is 4.79 Å². The first-order valence-electron chi connectivity index (χ1n) is 6.12. The number of carboxylic acid groups (broad SMARTS) is 1. The standard InChI is InChI=1S/C14H14N2O3S/c1-2-16(9-11-4-3-7-20-11)13(17)10-5-6-12(14(18)19)15-8-10/h3-8H,2,9H2,1H3,(H,18,19). The van der Waals surface area contributed by atoms with Gasteiger partial charge < -0.3 is 10.0 Å². The third-order valence-electron chi connectivity index (χ3n) is 2.83. The van der Waals surface area contributed by atoms with Crippen LogP contribution in [0.3, 0.4) is 0 Å². The number of carboxylic acids is 1. The highest BCUT2D eigenvalue weighted by Gasteiger charge is 2.16. The summed E-state index contributed by atoms with van der Waals surface area (Å²) >= 11 is 1.60. The number of rotatable bonds is 5. The second-order valence-electron chi connectivity index (χ2n) is 4.14. The van der Waals surface area contributed by atoms with Gasteiger partial charge in [0.15, 0.2) is 0 Å². The smallest absolute Gasteiger partial charge is 0.354 e. The molecule has 0 bridgehead atoms. The van der Waals surface area contributed by atoms with Crippen molar-refractivity contribution in [1.82, 2.24) is 9.88 Å². The number of hydrogen-bond acceptors (Lipinski definition) is 4. The fraction of sp³-hybridized carbons (Fsp3) is 0.214. The molecule has 0 saturated heterocycles. The predicted molar refractivity (Wildman–Crippen MR) is 75.9 cm³/mol. The molecule has 2 aromatic heterocycles. The molecule has 0 unspecified atom stereocenters. The van der Waals surface area contributed by atoms with Crippen molar-refractivity contribution in [3.63, 3.8) is 0 Å². The van der Waals surface area contributed by atoms with Crippen LogP contribution < -0.4 is 0 Å². The third-order valence-corrected chi connectivity index (χ3v) is 3.69. The van der Waals surface area contributed by atoms with Crippen LogP contribution in [-0.4, -0.2) is 33.4 Å². The van der Waals surface area contributed by atoms with Crippen LogP contribution >= 0.6 is 11.3 Å².